The van der Waals surface area contributed by atoms with E-state index >= 15 is 0 Å². The molecule has 0 aliphatic heterocycles. The van der Waals surface area contributed by atoms with E-state index in [-0.39, 0.29) is 21.5 Å². The smallest absolute Gasteiger partial charge is 0.313 e. The summed E-state index contributed by atoms with van der Waals surface area (Å²) in [5.41, 5.74) is 0.234. The molecule has 0 unspecified atom stereocenters. The van der Waals surface area contributed by atoms with Crippen molar-refractivity contribution in [1.82, 2.24) is 0 Å². The van der Waals surface area contributed by atoms with Crippen LogP contribution in [-0.4, -0.2) is 9.85 Å². The van der Waals surface area contributed by atoms with Crippen molar-refractivity contribution in [2.24, 2.45) is 0 Å². The second kappa shape index (κ2) is 6.39. The second-order valence-electron chi connectivity index (χ2n) is 4.71. The Bertz CT molecular complexity index is 756. The Kier molecular flexibility index (Phi) is 4.72. The van der Waals surface area contributed by atoms with E-state index < -0.39 is 21.2 Å². The van der Waals surface area contributed by atoms with Gasteiger partial charge in [0.25, 0.3) is 0 Å². The molecule has 0 aliphatic carbocycles. The van der Waals surface area contributed by atoms with Crippen LogP contribution in [0.1, 0.15) is 11.1 Å². The number of hydrogen-bond acceptors (Lipinski definition) is 5. The molecule has 120 valence electrons. The van der Waals surface area contributed by atoms with Crippen LogP contribution in [0.25, 0.3) is 0 Å². The lowest BCUT2D eigenvalue weighted by Gasteiger charge is -2.12. The molecule has 2 rings (SSSR count). The van der Waals surface area contributed by atoms with Gasteiger partial charge in [-0.05, 0) is 25.0 Å². The summed E-state index contributed by atoms with van der Waals surface area (Å²) in [6.07, 6.45) is 0. The number of aryl methyl sites for hydroxylation is 2. The van der Waals surface area contributed by atoms with Crippen molar-refractivity contribution in [3.05, 3.63) is 65.7 Å². The van der Waals surface area contributed by atoms with Crippen LogP contribution in [0.2, 0.25) is 10.0 Å². The van der Waals surface area contributed by atoms with Crippen molar-refractivity contribution < 1.29 is 14.6 Å². The topological polar surface area (TPSA) is 95.5 Å². The third kappa shape index (κ3) is 3.20. The predicted octanol–water partition coefficient (Wildman–Crippen LogP) is 5.22. The summed E-state index contributed by atoms with van der Waals surface area (Å²) in [6.45, 7) is 3.26. The number of nitro groups is 2. The second-order valence-corrected chi connectivity index (χ2v) is 5.46. The standard InChI is InChI=1S/C14H10Cl2N2O5/c1-7-3-5-9(17(19)20)13(11(7)15)23-14-10(18(21)22)6-4-8(2)12(14)16/h3-6H,1-2H3. The summed E-state index contributed by atoms with van der Waals surface area (Å²) in [7, 11) is 0. The van der Waals surface area contributed by atoms with E-state index in [9.17, 15) is 20.2 Å². The van der Waals surface area contributed by atoms with Crippen molar-refractivity contribution in [2.45, 2.75) is 13.8 Å². The molecule has 0 radical (unpaired) electrons. The minimum atomic E-state index is -0.684. The number of nitro benzene ring substituents is 2. The Labute approximate surface area is 140 Å². The summed E-state index contributed by atoms with van der Waals surface area (Å²) in [6, 6.07) is 5.34. The molecule has 0 N–H and O–H groups in total. The van der Waals surface area contributed by atoms with Crippen molar-refractivity contribution in [3.63, 3.8) is 0 Å². The van der Waals surface area contributed by atoms with E-state index in [1.807, 2.05) is 0 Å². The van der Waals surface area contributed by atoms with Crippen molar-refractivity contribution in [3.8, 4) is 11.5 Å². The fraction of sp³-hybridized carbons (Fsp3) is 0.143. The van der Waals surface area contributed by atoms with Gasteiger partial charge >= 0.3 is 11.4 Å². The van der Waals surface area contributed by atoms with E-state index in [1.54, 1.807) is 13.8 Å². The highest BCUT2D eigenvalue weighted by Crippen LogP contribution is 2.45. The number of hydrogen-bond donors (Lipinski definition) is 0. The zero-order chi connectivity index (χ0) is 17.3. The van der Waals surface area contributed by atoms with Crippen LogP contribution < -0.4 is 4.74 Å². The molecule has 0 amide bonds. The van der Waals surface area contributed by atoms with E-state index in [4.69, 9.17) is 27.9 Å². The lowest BCUT2D eigenvalue weighted by Crippen LogP contribution is -1.99. The third-order valence-electron chi connectivity index (χ3n) is 3.14. The van der Waals surface area contributed by atoms with Gasteiger partial charge in [0.15, 0.2) is 0 Å². The van der Waals surface area contributed by atoms with Crippen molar-refractivity contribution in [1.29, 1.82) is 0 Å². The molecule has 9 heteroatoms. The monoisotopic (exact) mass is 356 g/mol. The zero-order valence-electron chi connectivity index (χ0n) is 12.0. The summed E-state index contributed by atoms with van der Waals surface area (Å²) in [4.78, 5) is 20.9. The van der Waals surface area contributed by atoms with Crippen LogP contribution in [0.4, 0.5) is 11.4 Å². The molecule has 0 atom stereocenters. The van der Waals surface area contributed by atoms with Gasteiger partial charge in [-0.3, -0.25) is 20.2 Å². The lowest BCUT2D eigenvalue weighted by molar-refractivity contribution is -0.387. The van der Waals surface area contributed by atoms with Crippen LogP contribution in [-0.2, 0) is 0 Å². The summed E-state index contributed by atoms with van der Waals surface area (Å²) in [5.74, 6) is -0.570. The minimum Gasteiger partial charge on any atom is -0.440 e. The Morgan fingerprint density at radius 1 is 0.826 bits per heavy atom. The molecule has 0 saturated heterocycles. The van der Waals surface area contributed by atoms with Gasteiger partial charge in [0.1, 0.15) is 0 Å². The maximum absolute atomic E-state index is 11.1. The Morgan fingerprint density at radius 3 is 1.48 bits per heavy atom. The van der Waals surface area contributed by atoms with Gasteiger partial charge in [0.2, 0.25) is 11.5 Å². The number of ether oxygens (including phenoxy) is 1. The predicted molar refractivity (Wildman–Crippen MR) is 85.8 cm³/mol. The first-order valence-corrected chi connectivity index (χ1v) is 7.04. The molecular weight excluding hydrogens is 347 g/mol. The van der Waals surface area contributed by atoms with Gasteiger partial charge in [-0.1, -0.05) is 35.3 Å². The first-order valence-electron chi connectivity index (χ1n) is 6.29. The molecule has 23 heavy (non-hydrogen) atoms. The van der Waals surface area contributed by atoms with Crippen LogP contribution in [0.3, 0.4) is 0 Å². The van der Waals surface area contributed by atoms with Gasteiger partial charge in [-0.2, -0.15) is 0 Å². The van der Waals surface area contributed by atoms with Gasteiger partial charge in [-0.15, -0.1) is 0 Å². The SMILES string of the molecule is Cc1ccc([N+](=O)[O-])c(Oc2c([N+](=O)[O-])ccc(C)c2Cl)c1Cl. The number of halogens is 2. The Morgan fingerprint density at radius 2 is 1.17 bits per heavy atom. The molecule has 2 aromatic rings. The fourth-order valence-electron chi connectivity index (χ4n) is 1.87. The molecular formula is C14H10Cl2N2O5. The molecule has 0 bridgehead atoms. The fourth-order valence-corrected chi connectivity index (χ4v) is 2.27. The molecule has 0 fully saturated rings. The third-order valence-corrected chi connectivity index (χ3v) is 4.08. The Hall–Kier alpha value is -2.38. The van der Waals surface area contributed by atoms with Crippen molar-refractivity contribution >= 4 is 34.6 Å². The summed E-state index contributed by atoms with van der Waals surface area (Å²) < 4.78 is 5.44. The molecule has 7 nitrogen and oxygen atoms in total. The molecule has 0 aromatic heterocycles. The zero-order valence-corrected chi connectivity index (χ0v) is 13.5. The van der Waals surface area contributed by atoms with Crippen LogP contribution >= 0.6 is 23.2 Å². The number of nitrogens with zero attached hydrogens (tertiary/aromatic N) is 2. The van der Waals surface area contributed by atoms with Crippen LogP contribution in [0.15, 0.2) is 24.3 Å². The molecule has 2 aromatic carbocycles. The number of rotatable bonds is 4. The highest BCUT2D eigenvalue weighted by Gasteiger charge is 2.27. The normalized spacial score (nSPS) is 10.4. The van der Waals surface area contributed by atoms with Crippen molar-refractivity contribution in [2.75, 3.05) is 0 Å². The van der Waals surface area contributed by atoms with Gasteiger partial charge < -0.3 is 4.74 Å². The van der Waals surface area contributed by atoms with E-state index in [0.29, 0.717) is 11.1 Å². The average molecular weight is 357 g/mol. The minimum absolute atomic E-state index is 0.00827. The largest absolute Gasteiger partial charge is 0.440 e. The molecule has 0 spiro atoms. The van der Waals surface area contributed by atoms with Gasteiger partial charge in [0.05, 0.1) is 19.9 Å². The summed E-state index contributed by atoms with van der Waals surface area (Å²) >= 11 is 12.1. The Balaban J connectivity index is 2.69. The van der Waals surface area contributed by atoms with E-state index in [0.717, 1.165) is 0 Å². The number of benzene rings is 2. The highest BCUT2D eigenvalue weighted by molar-refractivity contribution is 6.34. The molecule has 0 aliphatic rings. The maximum Gasteiger partial charge on any atom is 0.313 e. The molecule has 0 saturated carbocycles. The van der Waals surface area contributed by atoms with Gasteiger partial charge in [0, 0.05) is 12.1 Å². The van der Waals surface area contributed by atoms with Crippen LogP contribution in [0.5, 0.6) is 11.5 Å². The first-order chi connectivity index (χ1) is 10.7. The first kappa shape index (κ1) is 17.0. The van der Waals surface area contributed by atoms with Gasteiger partial charge in [-0.25, -0.2) is 0 Å². The highest BCUT2D eigenvalue weighted by atomic mass is 35.5. The quantitative estimate of drug-likeness (QED) is 0.552. The summed E-state index contributed by atoms with van der Waals surface area (Å²) in [5, 5.41) is 22.3. The van der Waals surface area contributed by atoms with E-state index in [1.165, 1.54) is 24.3 Å². The van der Waals surface area contributed by atoms with Crippen LogP contribution in [0, 0.1) is 34.1 Å². The lowest BCUT2D eigenvalue weighted by atomic mass is 10.2. The maximum atomic E-state index is 11.1. The average Bonchev–Trinajstić information content (AvgIpc) is 2.47. The van der Waals surface area contributed by atoms with E-state index in [2.05, 4.69) is 0 Å². The molecule has 0 heterocycles.